The lowest BCUT2D eigenvalue weighted by Crippen LogP contribution is -2.35. The van der Waals surface area contributed by atoms with Crippen LogP contribution in [0.15, 0.2) is 41.5 Å². The molecule has 3 unspecified atom stereocenters. The van der Waals surface area contributed by atoms with Gasteiger partial charge in [0.1, 0.15) is 0 Å². The van der Waals surface area contributed by atoms with Crippen molar-refractivity contribution < 1.29 is 19.1 Å². The Morgan fingerprint density at radius 1 is 1.20 bits per heavy atom. The van der Waals surface area contributed by atoms with Crippen molar-refractivity contribution in [3.8, 4) is 0 Å². The van der Waals surface area contributed by atoms with E-state index in [0.29, 0.717) is 24.1 Å². The summed E-state index contributed by atoms with van der Waals surface area (Å²) in [4.78, 5) is 26.7. The van der Waals surface area contributed by atoms with Gasteiger partial charge in [-0.2, -0.15) is 0 Å². The molecule has 6 nitrogen and oxygen atoms in total. The third kappa shape index (κ3) is 3.60. The summed E-state index contributed by atoms with van der Waals surface area (Å²) in [7, 11) is 3.67. The summed E-state index contributed by atoms with van der Waals surface area (Å²) in [6.07, 6.45) is 0.462. The maximum absolute atomic E-state index is 12.5. The molecule has 134 valence electrons. The topological polar surface area (TPSA) is 67.9 Å². The Balaban J connectivity index is 1.71. The fourth-order valence-corrected chi connectivity index (χ4v) is 3.03. The fraction of sp³-hybridized carbons (Fsp3) is 0.474. The number of hydrogen-bond acceptors (Lipinski definition) is 6. The molecule has 25 heavy (non-hydrogen) atoms. The first kappa shape index (κ1) is 17.6. The SMILES string of the molecule is CC1=C(CN(C)C)C(=O)OC2(CC2NC(C)c2ccccc2)OC1=O. The molecule has 2 aliphatic rings. The van der Waals surface area contributed by atoms with Gasteiger partial charge >= 0.3 is 11.9 Å². The van der Waals surface area contributed by atoms with Gasteiger partial charge in [0.2, 0.25) is 0 Å². The van der Waals surface area contributed by atoms with E-state index >= 15 is 0 Å². The second-order valence-electron chi connectivity index (χ2n) is 6.99. The van der Waals surface area contributed by atoms with Crippen LogP contribution in [0.2, 0.25) is 0 Å². The van der Waals surface area contributed by atoms with Crippen molar-refractivity contribution in [2.75, 3.05) is 20.6 Å². The minimum atomic E-state index is -1.19. The molecular formula is C19H24N2O4. The number of nitrogens with one attached hydrogen (secondary N) is 1. The van der Waals surface area contributed by atoms with Crippen molar-refractivity contribution in [2.24, 2.45) is 0 Å². The highest BCUT2D eigenvalue weighted by Gasteiger charge is 2.64. The Bertz CT molecular complexity index is 713. The molecule has 1 N–H and O–H groups in total. The van der Waals surface area contributed by atoms with Gasteiger partial charge in [-0.15, -0.1) is 0 Å². The van der Waals surface area contributed by atoms with Gasteiger partial charge in [0, 0.05) is 24.6 Å². The minimum Gasteiger partial charge on any atom is -0.417 e. The molecular weight excluding hydrogens is 320 g/mol. The first-order valence-corrected chi connectivity index (χ1v) is 8.44. The first-order valence-electron chi connectivity index (χ1n) is 8.44. The van der Waals surface area contributed by atoms with Crippen LogP contribution in [0.5, 0.6) is 0 Å². The highest BCUT2D eigenvalue weighted by Crippen LogP contribution is 2.45. The van der Waals surface area contributed by atoms with Crippen molar-refractivity contribution in [3.63, 3.8) is 0 Å². The van der Waals surface area contributed by atoms with Crippen LogP contribution in [0.3, 0.4) is 0 Å². The van der Waals surface area contributed by atoms with Crippen molar-refractivity contribution >= 4 is 11.9 Å². The Kier molecular flexibility index (Phi) is 4.67. The summed E-state index contributed by atoms with van der Waals surface area (Å²) in [5, 5.41) is 3.39. The quantitative estimate of drug-likeness (QED) is 0.822. The Morgan fingerprint density at radius 2 is 1.84 bits per heavy atom. The number of rotatable bonds is 5. The average Bonchev–Trinajstić information content (AvgIpc) is 3.24. The van der Waals surface area contributed by atoms with E-state index in [0.717, 1.165) is 5.56 Å². The molecule has 3 atom stereocenters. The lowest BCUT2D eigenvalue weighted by Gasteiger charge is -2.19. The molecule has 1 aromatic carbocycles. The van der Waals surface area contributed by atoms with E-state index < -0.39 is 17.7 Å². The molecule has 0 saturated heterocycles. The number of hydrogen-bond donors (Lipinski definition) is 1. The van der Waals surface area contributed by atoms with Crippen molar-refractivity contribution in [2.45, 2.75) is 38.1 Å². The fourth-order valence-electron chi connectivity index (χ4n) is 3.03. The van der Waals surface area contributed by atoms with Crippen molar-refractivity contribution in [3.05, 3.63) is 47.0 Å². The summed E-state index contributed by atoms with van der Waals surface area (Å²) >= 11 is 0. The van der Waals surface area contributed by atoms with E-state index in [1.807, 2.05) is 56.3 Å². The molecule has 0 bridgehead atoms. The van der Waals surface area contributed by atoms with Crippen LogP contribution >= 0.6 is 0 Å². The zero-order valence-corrected chi connectivity index (χ0v) is 15.0. The number of ether oxygens (including phenoxy) is 2. The van der Waals surface area contributed by atoms with E-state index in [4.69, 9.17) is 9.47 Å². The molecule has 1 aromatic rings. The maximum atomic E-state index is 12.5. The second kappa shape index (κ2) is 6.61. The lowest BCUT2D eigenvalue weighted by molar-refractivity contribution is -0.190. The number of esters is 2. The summed E-state index contributed by atoms with van der Waals surface area (Å²) < 4.78 is 11.1. The Hall–Kier alpha value is -2.18. The molecule has 0 radical (unpaired) electrons. The number of carbonyl (C=O) groups is 2. The maximum Gasteiger partial charge on any atom is 0.339 e. The van der Waals surface area contributed by atoms with Crippen molar-refractivity contribution in [1.82, 2.24) is 10.2 Å². The largest absolute Gasteiger partial charge is 0.417 e. The van der Waals surface area contributed by atoms with Crippen molar-refractivity contribution in [1.29, 1.82) is 0 Å². The van der Waals surface area contributed by atoms with Crippen LogP contribution in [0.25, 0.3) is 0 Å². The number of likely N-dealkylation sites (N-methyl/N-ethyl adjacent to an activating group) is 1. The molecule has 3 rings (SSSR count). The number of carbonyl (C=O) groups excluding carboxylic acids is 2. The van der Waals surface area contributed by atoms with E-state index in [-0.39, 0.29) is 12.1 Å². The molecule has 1 aliphatic heterocycles. The van der Waals surface area contributed by atoms with Gasteiger partial charge in [-0.3, -0.25) is 0 Å². The molecule has 0 amide bonds. The van der Waals surface area contributed by atoms with Gasteiger partial charge in [0.05, 0.1) is 11.6 Å². The van der Waals surface area contributed by atoms with E-state index in [2.05, 4.69) is 5.32 Å². The smallest absolute Gasteiger partial charge is 0.339 e. The average molecular weight is 344 g/mol. The molecule has 1 heterocycles. The molecule has 1 fully saturated rings. The van der Waals surface area contributed by atoms with Gasteiger partial charge in [0.25, 0.3) is 5.79 Å². The summed E-state index contributed by atoms with van der Waals surface area (Å²) in [5.74, 6) is -2.15. The molecule has 6 heteroatoms. The molecule has 0 aromatic heterocycles. The minimum absolute atomic E-state index is 0.0570. The zero-order chi connectivity index (χ0) is 18.2. The zero-order valence-electron chi connectivity index (χ0n) is 15.0. The van der Waals surface area contributed by atoms with Crippen LogP contribution in [0.4, 0.5) is 0 Å². The normalized spacial score (nSPS) is 27.2. The predicted molar refractivity (Wildman–Crippen MR) is 92.6 cm³/mol. The van der Waals surface area contributed by atoms with Crippen LogP contribution in [-0.4, -0.2) is 49.3 Å². The van der Waals surface area contributed by atoms with E-state index in [1.165, 1.54) is 0 Å². The highest BCUT2D eigenvalue weighted by molar-refractivity contribution is 6.02. The van der Waals surface area contributed by atoms with E-state index in [9.17, 15) is 9.59 Å². The standard InChI is InChI=1S/C19H24N2O4/c1-12-15(11-21(3)4)18(23)25-19(24-17(12)22)10-16(19)20-13(2)14-8-6-5-7-9-14/h5-9,13,16,20H,10-11H2,1-4H3. The highest BCUT2D eigenvalue weighted by atomic mass is 16.7. The van der Waals surface area contributed by atoms with E-state index in [1.54, 1.807) is 6.92 Å². The first-order chi connectivity index (χ1) is 11.8. The van der Waals surface area contributed by atoms with Crippen LogP contribution in [-0.2, 0) is 19.1 Å². The molecule has 1 spiro atoms. The lowest BCUT2D eigenvalue weighted by atomic mass is 10.1. The van der Waals surface area contributed by atoms with Crippen LogP contribution in [0, 0.1) is 0 Å². The predicted octanol–water partition coefficient (Wildman–Crippen LogP) is 1.78. The molecule has 1 saturated carbocycles. The van der Waals surface area contributed by atoms with Gasteiger partial charge in [-0.05, 0) is 33.5 Å². The molecule has 1 aliphatic carbocycles. The van der Waals surface area contributed by atoms with Gasteiger partial charge in [-0.25, -0.2) is 9.59 Å². The summed E-state index contributed by atoms with van der Waals surface area (Å²) in [5.41, 5.74) is 1.80. The van der Waals surface area contributed by atoms with Gasteiger partial charge in [-0.1, -0.05) is 30.3 Å². The van der Waals surface area contributed by atoms with Gasteiger partial charge in [0.15, 0.2) is 0 Å². The number of nitrogens with zero attached hydrogens (tertiary/aromatic N) is 1. The third-order valence-electron chi connectivity index (χ3n) is 4.62. The summed E-state index contributed by atoms with van der Waals surface area (Å²) in [6.45, 7) is 3.98. The van der Waals surface area contributed by atoms with Crippen LogP contribution < -0.4 is 5.32 Å². The Labute approximate surface area is 147 Å². The van der Waals surface area contributed by atoms with Crippen LogP contribution in [0.1, 0.15) is 31.9 Å². The van der Waals surface area contributed by atoms with Gasteiger partial charge < -0.3 is 19.7 Å². The monoisotopic (exact) mass is 344 g/mol. The second-order valence-corrected chi connectivity index (χ2v) is 6.99. The number of benzene rings is 1. The third-order valence-corrected chi connectivity index (χ3v) is 4.62. The summed E-state index contributed by atoms with van der Waals surface area (Å²) in [6, 6.07) is 9.82. The Morgan fingerprint density at radius 3 is 2.48 bits per heavy atom.